The molecule has 0 unspecified atom stereocenters. The van der Waals surface area contributed by atoms with E-state index < -0.39 is 0 Å². The standard InChI is InChI=1S/C15H12Cl3NO/c1-9(13-6-5-12(17)8-14(13)18)19-15(20)10-3-2-4-11(16)7-10/h2-9H,1H3,(H,19,20)/t9-/m1/s1. The molecule has 2 aromatic rings. The van der Waals surface area contributed by atoms with Crippen LogP contribution in [0.15, 0.2) is 42.5 Å². The first-order valence-corrected chi connectivity index (χ1v) is 7.12. The van der Waals surface area contributed by atoms with Gasteiger partial charge in [-0.25, -0.2) is 0 Å². The number of nitrogens with one attached hydrogen (secondary N) is 1. The summed E-state index contributed by atoms with van der Waals surface area (Å²) in [5.41, 5.74) is 1.32. The molecule has 1 amide bonds. The van der Waals surface area contributed by atoms with Crippen LogP contribution in [-0.2, 0) is 0 Å². The molecule has 2 nitrogen and oxygen atoms in total. The molecule has 0 radical (unpaired) electrons. The van der Waals surface area contributed by atoms with Crippen LogP contribution in [-0.4, -0.2) is 5.91 Å². The van der Waals surface area contributed by atoms with Crippen molar-refractivity contribution in [1.29, 1.82) is 0 Å². The van der Waals surface area contributed by atoms with Gasteiger partial charge >= 0.3 is 0 Å². The van der Waals surface area contributed by atoms with Gasteiger partial charge in [0.1, 0.15) is 0 Å². The molecule has 1 N–H and O–H groups in total. The second kappa shape index (κ2) is 6.49. The lowest BCUT2D eigenvalue weighted by Gasteiger charge is -2.16. The molecule has 5 heteroatoms. The van der Waals surface area contributed by atoms with Gasteiger partial charge in [-0.1, -0.05) is 46.9 Å². The van der Waals surface area contributed by atoms with E-state index in [4.69, 9.17) is 34.8 Å². The number of hydrogen-bond donors (Lipinski definition) is 1. The molecule has 20 heavy (non-hydrogen) atoms. The van der Waals surface area contributed by atoms with Crippen LogP contribution < -0.4 is 5.32 Å². The van der Waals surface area contributed by atoms with Gasteiger partial charge in [0.2, 0.25) is 0 Å². The molecule has 1 atom stereocenters. The third-order valence-corrected chi connectivity index (χ3v) is 3.66. The second-order valence-electron chi connectivity index (χ2n) is 4.37. The Balaban J connectivity index is 2.15. The van der Waals surface area contributed by atoms with E-state index in [-0.39, 0.29) is 11.9 Å². The molecule has 2 rings (SSSR count). The van der Waals surface area contributed by atoms with Crippen molar-refractivity contribution in [3.05, 3.63) is 68.7 Å². The summed E-state index contributed by atoms with van der Waals surface area (Å²) in [7, 11) is 0. The molecule has 0 saturated heterocycles. The summed E-state index contributed by atoms with van der Waals surface area (Å²) in [5.74, 6) is -0.203. The first-order chi connectivity index (χ1) is 9.47. The monoisotopic (exact) mass is 327 g/mol. The van der Waals surface area contributed by atoms with Crippen LogP contribution in [0.2, 0.25) is 15.1 Å². The third-order valence-electron chi connectivity index (χ3n) is 2.86. The first kappa shape index (κ1) is 15.2. The van der Waals surface area contributed by atoms with E-state index in [0.29, 0.717) is 20.6 Å². The topological polar surface area (TPSA) is 29.1 Å². The number of benzene rings is 2. The van der Waals surface area contributed by atoms with Gasteiger partial charge in [-0.05, 0) is 42.8 Å². The van der Waals surface area contributed by atoms with E-state index >= 15 is 0 Å². The molecule has 0 aliphatic carbocycles. The maximum atomic E-state index is 12.1. The van der Waals surface area contributed by atoms with Gasteiger partial charge in [0.15, 0.2) is 0 Å². The Labute approximate surface area is 132 Å². The number of rotatable bonds is 3. The molecule has 2 aromatic carbocycles. The van der Waals surface area contributed by atoms with Gasteiger partial charge in [0.05, 0.1) is 6.04 Å². The highest BCUT2D eigenvalue weighted by molar-refractivity contribution is 6.35. The Hall–Kier alpha value is -1.22. The Morgan fingerprint density at radius 3 is 2.40 bits per heavy atom. The molecular weight excluding hydrogens is 317 g/mol. The molecule has 0 aliphatic heterocycles. The quantitative estimate of drug-likeness (QED) is 0.830. The molecular formula is C15H12Cl3NO. The van der Waals surface area contributed by atoms with Gasteiger partial charge in [-0.3, -0.25) is 4.79 Å². The predicted molar refractivity (Wildman–Crippen MR) is 83.8 cm³/mol. The van der Waals surface area contributed by atoms with Crippen molar-refractivity contribution in [2.24, 2.45) is 0 Å². The minimum atomic E-state index is -0.230. The van der Waals surface area contributed by atoms with Gasteiger partial charge in [0, 0.05) is 20.6 Å². The predicted octanol–water partition coefficient (Wildman–Crippen LogP) is 5.14. The van der Waals surface area contributed by atoms with Crippen LogP contribution in [0.25, 0.3) is 0 Å². The van der Waals surface area contributed by atoms with E-state index in [0.717, 1.165) is 5.56 Å². The van der Waals surface area contributed by atoms with Gasteiger partial charge in [-0.2, -0.15) is 0 Å². The van der Waals surface area contributed by atoms with Crippen molar-refractivity contribution in [2.75, 3.05) is 0 Å². The van der Waals surface area contributed by atoms with Crippen molar-refractivity contribution in [1.82, 2.24) is 5.32 Å². The molecule has 0 fully saturated rings. The Bertz CT molecular complexity index is 643. The van der Waals surface area contributed by atoms with Crippen molar-refractivity contribution >= 4 is 40.7 Å². The largest absolute Gasteiger partial charge is 0.345 e. The number of carbonyl (C=O) groups is 1. The van der Waals surface area contributed by atoms with Crippen LogP contribution in [0.1, 0.15) is 28.9 Å². The number of halogens is 3. The zero-order valence-corrected chi connectivity index (χ0v) is 12.9. The lowest BCUT2D eigenvalue weighted by Crippen LogP contribution is -2.26. The van der Waals surface area contributed by atoms with E-state index in [1.165, 1.54) is 0 Å². The fraction of sp³-hybridized carbons (Fsp3) is 0.133. The molecule has 0 aromatic heterocycles. The highest BCUT2D eigenvalue weighted by Gasteiger charge is 2.14. The lowest BCUT2D eigenvalue weighted by atomic mass is 10.1. The molecule has 0 heterocycles. The second-order valence-corrected chi connectivity index (χ2v) is 5.65. The zero-order valence-electron chi connectivity index (χ0n) is 10.7. The van der Waals surface area contributed by atoms with E-state index in [1.54, 1.807) is 42.5 Å². The van der Waals surface area contributed by atoms with E-state index in [2.05, 4.69) is 5.32 Å². The summed E-state index contributed by atoms with van der Waals surface area (Å²) in [6.45, 7) is 1.86. The Morgan fingerprint density at radius 1 is 1.05 bits per heavy atom. The van der Waals surface area contributed by atoms with E-state index in [1.807, 2.05) is 6.92 Å². The van der Waals surface area contributed by atoms with Crippen molar-refractivity contribution in [3.63, 3.8) is 0 Å². The number of carbonyl (C=O) groups excluding carboxylic acids is 1. The molecule has 0 bridgehead atoms. The zero-order chi connectivity index (χ0) is 14.7. The molecule has 104 valence electrons. The summed E-state index contributed by atoms with van der Waals surface area (Å²) in [4.78, 5) is 12.1. The van der Waals surface area contributed by atoms with Gasteiger partial charge in [-0.15, -0.1) is 0 Å². The maximum Gasteiger partial charge on any atom is 0.251 e. The highest BCUT2D eigenvalue weighted by Crippen LogP contribution is 2.26. The van der Waals surface area contributed by atoms with Gasteiger partial charge in [0.25, 0.3) is 5.91 Å². The van der Waals surface area contributed by atoms with Crippen LogP contribution in [0.3, 0.4) is 0 Å². The summed E-state index contributed by atoms with van der Waals surface area (Å²) in [5, 5.41) is 4.48. The average Bonchev–Trinajstić information content (AvgIpc) is 2.38. The highest BCUT2D eigenvalue weighted by atomic mass is 35.5. The Kier molecular flexibility index (Phi) is 4.92. The summed E-state index contributed by atoms with van der Waals surface area (Å²) < 4.78 is 0. The minimum absolute atomic E-state index is 0.203. The first-order valence-electron chi connectivity index (χ1n) is 5.99. The van der Waals surface area contributed by atoms with Gasteiger partial charge < -0.3 is 5.32 Å². The van der Waals surface area contributed by atoms with Crippen molar-refractivity contribution in [3.8, 4) is 0 Å². The van der Waals surface area contributed by atoms with Crippen molar-refractivity contribution in [2.45, 2.75) is 13.0 Å². The van der Waals surface area contributed by atoms with Crippen LogP contribution in [0.5, 0.6) is 0 Å². The average molecular weight is 329 g/mol. The lowest BCUT2D eigenvalue weighted by molar-refractivity contribution is 0.0940. The smallest absolute Gasteiger partial charge is 0.251 e. The number of amides is 1. The SMILES string of the molecule is C[C@@H](NC(=O)c1cccc(Cl)c1)c1ccc(Cl)cc1Cl. The summed E-state index contributed by atoms with van der Waals surface area (Å²) in [6.07, 6.45) is 0. The van der Waals surface area contributed by atoms with Crippen LogP contribution in [0, 0.1) is 0 Å². The maximum absolute atomic E-state index is 12.1. The molecule has 0 saturated carbocycles. The van der Waals surface area contributed by atoms with Crippen molar-refractivity contribution < 1.29 is 4.79 Å². The minimum Gasteiger partial charge on any atom is -0.345 e. The summed E-state index contributed by atoms with van der Waals surface area (Å²) in [6, 6.07) is 11.7. The van der Waals surface area contributed by atoms with E-state index in [9.17, 15) is 4.79 Å². The van der Waals surface area contributed by atoms with Crippen LogP contribution >= 0.6 is 34.8 Å². The fourth-order valence-corrected chi connectivity index (χ4v) is 2.60. The normalized spacial score (nSPS) is 12.0. The summed E-state index contributed by atoms with van der Waals surface area (Å²) >= 11 is 17.8. The Morgan fingerprint density at radius 2 is 1.75 bits per heavy atom. The number of hydrogen-bond acceptors (Lipinski definition) is 1. The third kappa shape index (κ3) is 3.66. The molecule has 0 spiro atoms. The van der Waals surface area contributed by atoms with Crippen LogP contribution in [0.4, 0.5) is 0 Å². The molecule has 0 aliphatic rings. The fourth-order valence-electron chi connectivity index (χ4n) is 1.84.